The van der Waals surface area contributed by atoms with Crippen LogP contribution in [0.25, 0.3) is 0 Å². The Morgan fingerprint density at radius 3 is 2.82 bits per heavy atom. The zero-order chi connectivity index (χ0) is 12.4. The zero-order valence-electron chi connectivity index (χ0n) is 10.00. The molecule has 0 amide bonds. The number of nitrogens with zero attached hydrogens (tertiary/aromatic N) is 1. The van der Waals surface area contributed by atoms with E-state index in [0.717, 1.165) is 22.5 Å². The van der Waals surface area contributed by atoms with Crippen LogP contribution >= 0.6 is 15.9 Å². The molecular formula is C13H18BrFN2. The van der Waals surface area contributed by atoms with Crippen LogP contribution in [0.3, 0.4) is 0 Å². The zero-order valence-corrected chi connectivity index (χ0v) is 11.6. The summed E-state index contributed by atoms with van der Waals surface area (Å²) >= 11 is 3.47. The first-order chi connectivity index (χ1) is 8.11. The first-order valence-corrected chi connectivity index (χ1v) is 6.76. The van der Waals surface area contributed by atoms with Crippen molar-refractivity contribution in [2.75, 3.05) is 20.1 Å². The lowest BCUT2D eigenvalue weighted by atomic mass is 10.1. The van der Waals surface area contributed by atoms with E-state index in [9.17, 15) is 4.39 Å². The van der Waals surface area contributed by atoms with Crippen LogP contribution in [-0.4, -0.2) is 25.0 Å². The van der Waals surface area contributed by atoms with Gasteiger partial charge in [0.05, 0.1) is 0 Å². The Morgan fingerprint density at radius 2 is 2.24 bits per heavy atom. The summed E-state index contributed by atoms with van der Waals surface area (Å²) in [5.41, 5.74) is 6.78. The minimum atomic E-state index is -0.207. The van der Waals surface area contributed by atoms with E-state index in [2.05, 4.69) is 27.9 Å². The van der Waals surface area contributed by atoms with E-state index in [1.54, 1.807) is 12.1 Å². The lowest BCUT2D eigenvalue weighted by Crippen LogP contribution is -2.32. The summed E-state index contributed by atoms with van der Waals surface area (Å²) in [7, 11) is 2.06. The Labute approximate surface area is 110 Å². The molecule has 2 N–H and O–H groups in total. The Bertz CT molecular complexity index is 393. The van der Waals surface area contributed by atoms with Crippen molar-refractivity contribution in [2.24, 2.45) is 11.7 Å². The van der Waals surface area contributed by atoms with E-state index in [0.29, 0.717) is 6.54 Å². The second-order valence-corrected chi connectivity index (χ2v) is 5.65. The van der Waals surface area contributed by atoms with Gasteiger partial charge in [-0.1, -0.05) is 15.9 Å². The van der Waals surface area contributed by atoms with Crippen LogP contribution in [0.1, 0.15) is 24.4 Å². The summed E-state index contributed by atoms with van der Waals surface area (Å²) in [4.78, 5) is 2.23. The average Bonchev–Trinajstić information content (AvgIpc) is 3.08. The minimum absolute atomic E-state index is 0.0840. The molecule has 1 aromatic carbocycles. The van der Waals surface area contributed by atoms with Crippen molar-refractivity contribution >= 4 is 15.9 Å². The van der Waals surface area contributed by atoms with Gasteiger partial charge in [-0.25, -0.2) is 4.39 Å². The number of hydrogen-bond acceptors (Lipinski definition) is 2. The van der Waals surface area contributed by atoms with Gasteiger partial charge >= 0.3 is 0 Å². The molecule has 0 spiro atoms. The highest BCUT2D eigenvalue weighted by molar-refractivity contribution is 9.10. The molecule has 1 aromatic rings. The van der Waals surface area contributed by atoms with Crippen LogP contribution in [0.15, 0.2) is 22.7 Å². The molecule has 2 nitrogen and oxygen atoms in total. The molecule has 1 unspecified atom stereocenters. The molecule has 0 aromatic heterocycles. The molecule has 2 rings (SSSR count). The first-order valence-electron chi connectivity index (χ1n) is 5.97. The lowest BCUT2D eigenvalue weighted by Gasteiger charge is -2.28. The third-order valence-electron chi connectivity index (χ3n) is 3.32. The summed E-state index contributed by atoms with van der Waals surface area (Å²) in [6.45, 7) is 1.55. The third-order valence-corrected chi connectivity index (χ3v) is 4.04. The fourth-order valence-electron chi connectivity index (χ4n) is 2.15. The Balaban J connectivity index is 2.17. The summed E-state index contributed by atoms with van der Waals surface area (Å²) in [6, 6.07) is 4.87. The minimum Gasteiger partial charge on any atom is -0.329 e. The highest BCUT2D eigenvalue weighted by Gasteiger charge is 2.27. The molecule has 0 radical (unpaired) electrons. The molecule has 1 aliphatic carbocycles. The molecule has 1 fully saturated rings. The van der Waals surface area contributed by atoms with Crippen molar-refractivity contribution < 1.29 is 4.39 Å². The van der Waals surface area contributed by atoms with E-state index >= 15 is 0 Å². The fourth-order valence-corrected chi connectivity index (χ4v) is 2.66. The largest absolute Gasteiger partial charge is 0.329 e. The van der Waals surface area contributed by atoms with Crippen LogP contribution in [-0.2, 0) is 0 Å². The number of benzene rings is 1. The maximum absolute atomic E-state index is 13.3. The van der Waals surface area contributed by atoms with Crippen molar-refractivity contribution in [2.45, 2.75) is 18.9 Å². The Hall–Kier alpha value is -0.450. The SMILES string of the molecule is CN(CC1CC1)C(CN)c1cc(F)ccc1Br. The van der Waals surface area contributed by atoms with E-state index < -0.39 is 0 Å². The monoisotopic (exact) mass is 300 g/mol. The van der Waals surface area contributed by atoms with Gasteiger partial charge in [-0.2, -0.15) is 0 Å². The Kier molecular flexibility index (Phi) is 4.17. The number of likely N-dealkylation sites (N-methyl/N-ethyl adjacent to an activating group) is 1. The van der Waals surface area contributed by atoms with Gasteiger partial charge in [0.1, 0.15) is 5.82 Å². The van der Waals surface area contributed by atoms with Gasteiger partial charge in [-0.05, 0) is 49.6 Å². The van der Waals surface area contributed by atoms with Crippen LogP contribution in [0.5, 0.6) is 0 Å². The van der Waals surface area contributed by atoms with Gasteiger partial charge in [-0.15, -0.1) is 0 Å². The smallest absolute Gasteiger partial charge is 0.123 e. The van der Waals surface area contributed by atoms with E-state index in [1.165, 1.54) is 18.9 Å². The van der Waals surface area contributed by atoms with E-state index in [-0.39, 0.29) is 11.9 Å². The van der Waals surface area contributed by atoms with Gasteiger partial charge in [0, 0.05) is 23.6 Å². The van der Waals surface area contributed by atoms with Crippen LogP contribution in [0.2, 0.25) is 0 Å². The van der Waals surface area contributed by atoms with Gasteiger partial charge in [0.15, 0.2) is 0 Å². The number of nitrogens with two attached hydrogens (primary N) is 1. The molecule has 1 saturated carbocycles. The topological polar surface area (TPSA) is 29.3 Å². The van der Waals surface area contributed by atoms with Gasteiger partial charge in [-0.3, -0.25) is 4.90 Å². The van der Waals surface area contributed by atoms with Crippen molar-refractivity contribution in [3.05, 3.63) is 34.1 Å². The molecule has 1 atom stereocenters. The maximum atomic E-state index is 13.3. The normalized spacial score (nSPS) is 17.5. The molecule has 4 heteroatoms. The van der Waals surface area contributed by atoms with Gasteiger partial charge in [0.25, 0.3) is 0 Å². The van der Waals surface area contributed by atoms with Crippen molar-refractivity contribution in [1.82, 2.24) is 4.90 Å². The predicted octanol–water partition coefficient (Wildman–Crippen LogP) is 2.93. The molecule has 0 bridgehead atoms. The molecule has 0 heterocycles. The summed E-state index contributed by atoms with van der Waals surface area (Å²) in [6.07, 6.45) is 2.62. The number of halogens is 2. The van der Waals surface area contributed by atoms with Gasteiger partial charge in [0.2, 0.25) is 0 Å². The summed E-state index contributed by atoms with van der Waals surface area (Å²) < 4.78 is 14.2. The van der Waals surface area contributed by atoms with Crippen LogP contribution < -0.4 is 5.73 Å². The third kappa shape index (κ3) is 3.27. The quantitative estimate of drug-likeness (QED) is 0.906. The molecular weight excluding hydrogens is 283 g/mol. The van der Waals surface area contributed by atoms with Crippen molar-refractivity contribution in [3.8, 4) is 0 Å². The van der Waals surface area contributed by atoms with Crippen molar-refractivity contribution in [1.29, 1.82) is 0 Å². The van der Waals surface area contributed by atoms with Crippen LogP contribution in [0, 0.1) is 11.7 Å². The molecule has 0 aliphatic heterocycles. The highest BCUT2D eigenvalue weighted by Crippen LogP contribution is 2.33. The highest BCUT2D eigenvalue weighted by atomic mass is 79.9. The first kappa shape index (κ1) is 13.0. The van der Waals surface area contributed by atoms with E-state index in [1.807, 2.05) is 0 Å². The summed E-state index contributed by atoms with van der Waals surface area (Å²) in [5, 5.41) is 0. The maximum Gasteiger partial charge on any atom is 0.123 e. The summed E-state index contributed by atoms with van der Waals surface area (Å²) in [5.74, 6) is 0.600. The average molecular weight is 301 g/mol. The molecule has 0 saturated heterocycles. The van der Waals surface area contributed by atoms with Crippen LogP contribution in [0.4, 0.5) is 4.39 Å². The molecule has 17 heavy (non-hydrogen) atoms. The molecule has 94 valence electrons. The number of hydrogen-bond donors (Lipinski definition) is 1. The standard InChI is InChI=1S/C13H18BrFN2/c1-17(8-9-2-3-9)13(7-16)11-6-10(15)4-5-12(11)14/h4-6,9,13H,2-3,7-8,16H2,1H3. The van der Waals surface area contributed by atoms with Crippen molar-refractivity contribution in [3.63, 3.8) is 0 Å². The molecule has 1 aliphatic rings. The second kappa shape index (κ2) is 5.46. The Morgan fingerprint density at radius 1 is 1.53 bits per heavy atom. The fraction of sp³-hybridized carbons (Fsp3) is 0.538. The lowest BCUT2D eigenvalue weighted by molar-refractivity contribution is 0.239. The second-order valence-electron chi connectivity index (χ2n) is 4.80. The number of rotatable bonds is 5. The predicted molar refractivity (Wildman–Crippen MR) is 71.2 cm³/mol. The van der Waals surface area contributed by atoms with Gasteiger partial charge < -0.3 is 5.73 Å². The van der Waals surface area contributed by atoms with E-state index in [4.69, 9.17) is 5.73 Å².